The molecule has 16 heavy (non-hydrogen) atoms. The Morgan fingerprint density at radius 3 is 1.81 bits per heavy atom. The molecule has 0 saturated carbocycles. The molecule has 0 unspecified atom stereocenters. The van der Waals surface area contributed by atoms with Gasteiger partial charge in [-0.15, -0.1) is 0 Å². The molecular formula is C8H4FNO6. The molecule has 84 valence electrons. The molecular weight excluding hydrogens is 225 g/mol. The number of rotatable bonds is 3. The first-order valence-corrected chi connectivity index (χ1v) is 3.79. The Balaban J connectivity index is 3.57. The van der Waals surface area contributed by atoms with Crippen molar-refractivity contribution < 1.29 is 29.1 Å². The van der Waals surface area contributed by atoms with Crippen LogP contribution in [-0.4, -0.2) is 27.1 Å². The van der Waals surface area contributed by atoms with Crippen molar-refractivity contribution in [1.82, 2.24) is 0 Å². The van der Waals surface area contributed by atoms with E-state index < -0.39 is 39.5 Å². The predicted octanol–water partition coefficient (Wildman–Crippen LogP) is 1.13. The summed E-state index contributed by atoms with van der Waals surface area (Å²) in [5.74, 6) is -5.06. The van der Waals surface area contributed by atoms with Crippen LogP contribution in [0.4, 0.5) is 10.1 Å². The standard InChI is InChI=1S/C8H4FNO6/c9-6-4(7(11)12)1-3(10(15)16)2-5(6)8(13)14/h1-2H,(H,11,12)(H,13,14). The monoisotopic (exact) mass is 229 g/mol. The highest BCUT2D eigenvalue weighted by Crippen LogP contribution is 2.21. The first-order chi connectivity index (χ1) is 7.34. The lowest BCUT2D eigenvalue weighted by Crippen LogP contribution is -2.09. The van der Waals surface area contributed by atoms with Crippen molar-refractivity contribution in [2.75, 3.05) is 0 Å². The third-order valence-corrected chi connectivity index (χ3v) is 1.73. The molecule has 0 fully saturated rings. The Morgan fingerprint density at radius 2 is 1.56 bits per heavy atom. The Hall–Kier alpha value is -2.51. The van der Waals surface area contributed by atoms with Gasteiger partial charge in [0, 0.05) is 12.1 Å². The SMILES string of the molecule is O=C(O)c1cc([N+](=O)[O-])cc(C(=O)O)c1F. The topological polar surface area (TPSA) is 118 Å². The zero-order valence-corrected chi connectivity index (χ0v) is 7.51. The van der Waals surface area contributed by atoms with E-state index in [1.165, 1.54) is 0 Å². The number of carbonyl (C=O) groups is 2. The average Bonchev–Trinajstić information content (AvgIpc) is 2.16. The van der Waals surface area contributed by atoms with Gasteiger partial charge in [-0.25, -0.2) is 14.0 Å². The van der Waals surface area contributed by atoms with E-state index in [9.17, 15) is 24.1 Å². The number of nitro groups is 1. The van der Waals surface area contributed by atoms with Gasteiger partial charge < -0.3 is 10.2 Å². The second kappa shape index (κ2) is 3.93. The van der Waals surface area contributed by atoms with Gasteiger partial charge in [0.2, 0.25) is 0 Å². The minimum atomic E-state index is -1.77. The third-order valence-electron chi connectivity index (χ3n) is 1.73. The van der Waals surface area contributed by atoms with Crippen LogP contribution in [0, 0.1) is 15.9 Å². The fraction of sp³-hybridized carbons (Fsp3) is 0. The van der Waals surface area contributed by atoms with Crippen LogP contribution >= 0.6 is 0 Å². The van der Waals surface area contributed by atoms with Crippen molar-refractivity contribution in [2.45, 2.75) is 0 Å². The summed E-state index contributed by atoms with van der Waals surface area (Å²) in [4.78, 5) is 30.4. The summed E-state index contributed by atoms with van der Waals surface area (Å²) in [7, 11) is 0. The fourth-order valence-corrected chi connectivity index (χ4v) is 1.03. The van der Waals surface area contributed by atoms with E-state index >= 15 is 0 Å². The minimum Gasteiger partial charge on any atom is -0.478 e. The zero-order valence-electron chi connectivity index (χ0n) is 7.51. The molecule has 0 spiro atoms. The van der Waals surface area contributed by atoms with E-state index in [1.807, 2.05) is 0 Å². The largest absolute Gasteiger partial charge is 0.478 e. The van der Waals surface area contributed by atoms with Crippen LogP contribution < -0.4 is 0 Å². The van der Waals surface area contributed by atoms with E-state index in [-0.39, 0.29) is 0 Å². The van der Waals surface area contributed by atoms with Crippen LogP contribution in [0.1, 0.15) is 20.7 Å². The van der Waals surface area contributed by atoms with Crippen LogP contribution in [0.25, 0.3) is 0 Å². The second-order valence-electron chi connectivity index (χ2n) is 2.72. The van der Waals surface area contributed by atoms with Crippen molar-refractivity contribution in [3.05, 3.63) is 39.2 Å². The highest BCUT2D eigenvalue weighted by molar-refractivity contribution is 5.95. The lowest BCUT2D eigenvalue weighted by Gasteiger charge is -2.01. The van der Waals surface area contributed by atoms with Gasteiger partial charge in [0.1, 0.15) is 11.1 Å². The maximum absolute atomic E-state index is 13.2. The van der Waals surface area contributed by atoms with Gasteiger partial charge in [0.05, 0.1) is 4.92 Å². The summed E-state index contributed by atoms with van der Waals surface area (Å²) in [5.41, 5.74) is -2.89. The molecule has 7 nitrogen and oxygen atoms in total. The smallest absolute Gasteiger partial charge is 0.338 e. The number of non-ortho nitro benzene ring substituents is 1. The van der Waals surface area contributed by atoms with Gasteiger partial charge in [-0.2, -0.15) is 0 Å². The summed E-state index contributed by atoms with van der Waals surface area (Å²) >= 11 is 0. The summed E-state index contributed by atoms with van der Waals surface area (Å²) in [6, 6.07) is 0.925. The normalized spacial score (nSPS) is 9.81. The summed E-state index contributed by atoms with van der Waals surface area (Å²) in [6.07, 6.45) is 0. The highest BCUT2D eigenvalue weighted by Gasteiger charge is 2.24. The van der Waals surface area contributed by atoms with Gasteiger partial charge in [-0.1, -0.05) is 0 Å². The van der Waals surface area contributed by atoms with E-state index in [4.69, 9.17) is 10.2 Å². The van der Waals surface area contributed by atoms with E-state index in [0.29, 0.717) is 12.1 Å². The molecule has 0 aliphatic carbocycles. The van der Waals surface area contributed by atoms with Crippen molar-refractivity contribution in [2.24, 2.45) is 0 Å². The van der Waals surface area contributed by atoms with Crippen molar-refractivity contribution in [3.63, 3.8) is 0 Å². The molecule has 0 radical (unpaired) electrons. The molecule has 1 rings (SSSR count). The maximum Gasteiger partial charge on any atom is 0.338 e. The molecule has 0 aliphatic rings. The number of nitro benzene ring substituents is 1. The second-order valence-corrected chi connectivity index (χ2v) is 2.72. The van der Waals surface area contributed by atoms with Crippen molar-refractivity contribution in [3.8, 4) is 0 Å². The van der Waals surface area contributed by atoms with Gasteiger partial charge in [-0.3, -0.25) is 10.1 Å². The number of aromatic carboxylic acids is 2. The van der Waals surface area contributed by atoms with Crippen LogP contribution in [0.15, 0.2) is 12.1 Å². The first-order valence-electron chi connectivity index (χ1n) is 3.79. The van der Waals surface area contributed by atoms with Crippen molar-refractivity contribution >= 4 is 17.6 Å². The lowest BCUT2D eigenvalue weighted by molar-refractivity contribution is -0.385. The van der Waals surface area contributed by atoms with Crippen LogP contribution in [-0.2, 0) is 0 Å². The predicted molar refractivity (Wildman–Crippen MR) is 47.0 cm³/mol. The first kappa shape index (κ1) is 11.6. The minimum absolute atomic E-state index is 0.462. The summed E-state index contributed by atoms with van der Waals surface area (Å²) < 4.78 is 13.2. The quantitative estimate of drug-likeness (QED) is 0.592. The number of nitrogens with zero attached hydrogens (tertiary/aromatic N) is 1. The van der Waals surface area contributed by atoms with E-state index in [2.05, 4.69) is 0 Å². The van der Waals surface area contributed by atoms with Gasteiger partial charge in [0.15, 0.2) is 5.82 Å². The lowest BCUT2D eigenvalue weighted by atomic mass is 10.1. The molecule has 1 aromatic rings. The molecule has 0 bridgehead atoms. The Bertz CT molecular complexity index is 462. The number of hydrogen-bond donors (Lipinski definition) is 2. The van der Waals surface area contributed by atoms with Crippen LogP contribution in [0.5, 0.6) is 0 Å². The average molecular weight is 229 g/mol. The Morgan fingerprint density at radius 1 is 1.19 bits per heavy atom. The zero-order chi connectivity index (χ0) is 12.5. The van der Waals surface area contributed by atoms with Crippen LogP contribution in [0.3, 0.4) is 0 Å². The molecule has 2 N–H and O–H groups in total. The van der Waals surface area contributed by atoms with Crippen LogP contribution in [0.2, 0.25) is 0 Å². The summed E-state index contributed by atoms with van der Waals surface area (Å²) in [5, 5.41) is 27.4. The molecule has 0 heterocycles. The number of halogens is 1. The maximum atomic E-state index is 13.2. The van der Waals surface area contributed by atoms with E-state index in [1.54, 1.807) is 0 Å². The number of carboxylic acid groups (broad SMARTS) is 2. The third kappa shape index (κ3) is 1.95. The number of carboxylic acids is 2. The molecule has 8 heteroatoms. The molecule has 0 atom stereocenters. The fourth-order valence-electron chi connectivity index (χ4n) is 1.03. The summed E-state index contributed by atoms with van der Waals surface area (Å²) in [6.45, 7) is 0. The Labute approximate surface area is 86.9 Å². The van der Waals surface area contributed by atoms with Gasteiger partial charge in [0.25, 0.3) is 5.69 Å². The molecule has 0 aliphatic heterocycles. The van der Waals surface area contributed by atoms with Gasteiger partial charge >= 0.3 is 11.9 Å². The molecule has 0 amide bonds. The van der Waals surface area contributed by atoms with Gasteiger partial charge in [-0.05, 0) is 0 Å². The van der Waals surface area contributed by atoms with E-state index in [0.717, 1.165) is 0 Å². The molecule has 1 aromatic carbocycles. The number of hydrogen-bond acceptors (Lipinski definition) is 4. The Kier molecular flexibility index (Phi) is 2.84. The molecule has 0 aromatic heterocycles. The molecule has 0 saturated heterocycles. The number of benzene rings is 1. The van der Waals surface area contributed by atoms with Crippen molar-refractivity contribution in [1.29, 1.82) is 0 Å². The highest BCUT2D eigenvalue weighted by atomic mass is 19.1.